The van der Waals surface area contributed by atoms with E-state index in [2.05, 4.69) is 31.3 Å². The van der Waals surface area contributed by atoms with Gasteiger partial charge in [-0.2, -0.15) is 5.10 Å². The van der Waals surface area contributed by atoms with Crippen LogP contribution in [0.5, 0.6) is 0 Å². The molecule has 0 saturated carbocycles. The van der Waals surface area contributed by atoms with Crippen molar-refractivity contribution >= 4 is 27.5 Å². The van der Waals surface area contributed by atoms with E-state index in [4.69, 9.17) is 11.6 Å². The number of nitrogens with zero attached hydrogens (tertiary/aromatic N) is 3. The van der Waals surface area contributed by atoms with E-state index in [0.717, 1.165) is 27.4 Å². The minimum atomic E-state index is 0.649. The van der Waals surface area contributed by atoms with E-state index in [0.29, 0.717) is 6.54 Å². The van der Waals surface area contributed by atoms with Crippen LogP contribution in [0.1, 0.15) is 11.4 Å². The van der Waals surface area contributed by atoms with Gasteiger partial charge in [0.05, 0.1) is 6.54 Å². The number of halogens is 2. The Morgan fingerprint density at radius 2 is 2.24 bits per heavy atom. The molecule has 2 rings (SSSR count). The van der Waals surface area contributed by atoms with Crippen molar-refractivity contribution in [2.24, 2.45) is 7.05 Å². The molecule has 1 N–H and O–H groups in total. The molecule has 0 fully saturated rings. The van der Waals surface area contributed by atoms with Gasteiger partial charge >= 0.3 is 0 Å². The Morgan fingerprint density at radius 3 is 2.88 bits per heavy atom. The molecular formula is C11H12BrClN4. The second kappa shape index (κ2) is 5.62. The molecular weight excluding hydrogens is 304 g/mol. The molecule has 1 heterocycles. The lowest BCUT2D eigenvalue weighted by atomic mass is 10.2. The summed E-state index contributed by atoms with van der Waals surface area (Å²) in [7, 11) is 1.85. The Bertz CT molecular complexity index is 512. The largest absolute Gasteiger partial charge is 0.306 e. The van der Waals surface area contributed by atoms with Crippen LogP contribution in [0.25, 0.3) is 0 Å². The maximum absolute atomic E-state index is 5.88. The Morgan fingerprint density at radius 1 is 1.41 bits per heavy atom. The van der Waals surface area contributed by atoms with Gasteiger partial charge in [-0.15, -0.1) is 0 Å². The third-order valence-electron chi connectivity index (χ3n) is 2.26. The van der Waals surface area contributed by atoms with Crippen molar-refractivity contribution in [3.8, 4) is 0 Å². The Labute approximate surface area is 113 Å². The van der Waals surface area contributed by atoms with Gasteiger partial charge in [0.25, 0.3) is 0 Å². The molecule has 4 nitrogen and oxygen atoms in total. The van der Waals surface area contributed by atoms with Gasteiger partial charge in [-0.3, -0.25) is 4.68 Å². The van der Waals surface area contributed by atoms with Crippen LogP contribution in [0, 0.1) is 0 Å². The first-order valence-corrected chi connectivity index (χ1v) is 6.31. The van der Waals surface area contributed by atoms with Crippen molar-refractivity contribution in [3.63, 3.8) is 0 Å². The molecule has 90 valence electrons. The van der Waals surface area contributed by atoms with Gasteiger partial charge in [-0.25, -0.2) is 4.98 Å². The lowest BCUT2D eigenvalue weighted by Crippen LogP contribution is -2.14. The predicted molar refractivity (Wildman–Crippen MR) is 70.7 cm³/mol. The lowest BCUT2D eigenvalue weighted by molar-refractivity contribution is 0.648. The predicted octanol–water partition coefficient (Wildman–Crippen LogP) is 2.52. The molecule has 0 atom stereocenters. The van der Waals surface area contributed by atoms with E-state index in [9.17, 15) is 0 Å². The van der Waals surface area contributed by atoms with Crippen LogP contribution in [-0.2, 0) is 20.1 Å². The fourth-order valence-electron chi connectivity index (χ4n) is 1.44. The van der Waals surface area contributed by atoms with Crippen LogP contribution in [0.3, 0.4) is 0 Å². The average molecular weight is 316 g/mol. The molecule has 0 amide bonds. The molecule has 2 aromatic rings. The zero-order valence-electron chi connectivity index (χ0n) is 9.32. The van der Waals surface area contributed by atoms with Crippen LogP contribution in [0.15, 0.2) is 29.0 Å². The van der Waals surface area contributed by atoms with Gasteiger partial charge in [0.1, 0.15) is 6.33 Å². The molecule has 0 saturated heterocycles. The summed E-state index contributed by atoms with van der Waals surface area (Å²) in [6.07, 6.45) is 1.69. The fraction of sp³-hybridized carbons (Fsp3) is 0.273. The highest BCUT2D eigenvalue weighted by atomic mass is 79.9. The van der Waals surface area contributed by atoms with E-state index < -0.39 is 0 Å². The molecule has 0 spiro atoms. The molecule has 0 radical (unpaired) electrons. The fourth-order valence-corrected chi connectivity index (χ4v) is 2.26. The number of nitrogens with one attached hydrogen (secondary N) is 1. The topological polar surface area (TPSA) is 42.7 Å². The van der Waals surface area contributed by atoms with Gasteiger partial charge in [0.15, 0.2) is 5.82 Å². The van der Waals surface area contributed by atoms with Gasteiger partial charge in [-0.05, 0) is 17.7 Å². The van der Waals surface area contributed by atoms with Gasteiger partial charge in [0.2, 0.25) is 0 Å². The average Bonchev–Trinajstić information content (AvgIpc) is 2.68. The second-order valence-corrected chi connectivity index (χ2v) is 4.96. The maximum atomic E-state index is 5.88. The summed E-state index contributed by atoms with van der Waals surface area (Å²) >= 11 is 9.35. The molecule has 0 unspecified atom stereocenters. The van der Waals surface area contributed by atoms with E-state index in [1.165, 1.54) is 0 Å². The highest BCUT2D eigenvalue weighted by Crippen LogP contribution is 2.21. The van der Waals surface area contributed by atoms with E-state index in [1.54, 1.807) is 11.0 Å². The molecule has 17 heavy (non-hydrogen) atoms. The van der Waals surface area contributed by atoms with Gasteiger partial charge in [0, 0.05) is 23.1 Å². The van der Waals surface area contributed by atoms with Gasteiger partial charge in [-0.1, -0.05) is 33.6 Å². The Hall–Kier alpha value is -0.910. The van der Waals surface area contributed by atoms with Crippen molar-refractivity contribution < 1.29 is 0 Å². The van der Waals surface area contributed by atoms with E-state index in [-0.39, 0.29) is 0 Å². The van der Waals surface area contributed by atoms with Crippen molar-refractivity contribution in [3.05, 3.63) is 45.4 Å². The maximum Gasteiger partial charge on any atom is 0.164 e. The lowest BCUT2D eigenvalue weighted by Gasteiger charge is -2.05. The number of hydrogen-bond acceptors (Lipinski definition) is 3. The molecule has 0 aliphatic rings. The standard InChI is InChI=1S/C11H12BrClN4/c1-17-7-15-11(16-17)6-14-5-8-2-3-9(13)4-10(8)12/h2-4,7,14H,5-6H2,1H3. The molecule has 6 heteroatoms. The molecule has 0 aliphatic carbocycles. The van der Waals surface area contributed by atoms with E-state index >= 15 is 0 Å². The van der Waals surface area contributed by atoms with Gasteiger partial charge < -0.3 is 5.32 Å². The highest BCUT2D eigenvalue weighted by Gasteiger charge is 2.02. The number of hydrogen-bond donors (Lipinski definition) is 1. The molecule has 1 aromatic carbocycles. The second-order valence-electron chi connectivity index (χ2n) is 3.67. The van der Waals surface area contributed by atoms with Crippen molar-refractivity contribution in [1.82, 2.24) is 20.1 Å². The van der Waals surface area contributed by atoms with Crippen molar-refractivity contribution in [2.45, 2.75) is 13.1 Å². The van der Waals surface area contributed by atoms with Crippen molar-refractivity contribution in [1.29, 1.82) is 0 Å². The zero-order chi connectivity index (χ0) is 12.3. The molecule has 0 aliphatic heterocycles. The van der Waals surface area contributed by atoms with Crippen LogP contribution in [-0.4, -0.2) is 14.8 Å². The summed E-state index contributed by atoms with van der Waals surface area (Å²) in [4.78, 5) is 4.14. The van der Waals surface area contributed by atoms with Crippen LogP contribution in [0.4, 0.5) is 0 Å². The third-order valence-corrected chi connectivity index (χ3v) is 3.23. The summed E-state index contributed by atoms with van der Waals surface area (Å²) in [5, 5.41) is 8.20. The SMILES string of the molecule is Cn1cnc(CNCc2ccc(Cl)cc2Br)n1. The minimum absolute atomic E-state index is 0.649. The zero-order valence-corrected chi connectivity index (χ0v) is 11.7. The molecule has 0 bridgehead atoms. The number of benzene rings is 1. The third kappa shape index (κ3) is 3.52. The Balaban J connectivity index is 1.90. The summed E-state index contributed by atoms with van der Waals surface area (Å²) in [6, 6.07) is 5.76. The quantitative estimate of drug-likeness (QED) is 0.943. The summed E-state index contributed by atoms with van der Waals surface area (Å²) in [5.74, 6) is 0.789. The summed E-state index contributed by atoms with van der Waals surface area (Å²) < 4.78 is 2.70. The number of rotatable bonds is 4. The molecule has 1 aromatic heterocycles. The summed E-state index contributed by atoms with van der Waals surface area (Å²) in [6.45, 7) is 1.39. The Kier molecular flexibility index (Phi) is 4.15. The first kappa shape index (κ1) is 12.5. The van der Waals surface area contributed by atoms with E-state index in [1.807, 2.05) is 25.2 Å². The first-order valence-electron chi connectivity index (χ1n) is 5.14. The van der Waals surface area contributed by atoms with Crippen molar-refractivity contribution in [2.75, 3.05) is 0 Å². The number of aryl methyl sites for hydroxylation is 1. The van der Waals surface area contributed by atoms with Crippen LogP contribution >= 0.6 is 27.5 Å². The minimum Gasteiger partial charge on any atom is -0.306 e. The first-order chi connectivity index (χ1) is 8.15. The van der Waals surface area contributed by atoms with Crippen LogP contribution < -0.4 is 5.32 Å². The van der Waals surface area contributed by atoms with Crippen LogP contribution in [0.2, 0.25) is 5.02 Å². The monoisotopic (exact) mass is 314 g/mol. The highest BCUT2D eigenvalue weighted by molar-refractivity contribution is 9.10. The normalized spacial score (nSPS) is 10.8. The summed E-state index contributed by atoms with van der Waals surface area (Å²) in [5.41, 5.74) is 1.16. The number of aromatic nitrogens is 3. The smallest absolute Gasteiger partial charge is 0.164 e.